The first kappa shape index (κ1) is 19.5. The van der Waals surface area contributed by atoms with Gasteiger partial charge in [-0.3, -0.25) is 0 Å². The maximum absolute atomic E-state index is 12.1. The molecule has 0 saturated heterocycles. The number of benzene rings is 2. The van der Waals surface area contributed by atoms with Crippen LogP contribution in [0, 0.1) is 0 Å². The van der Waals surface area contributed by atoms with E-state index in [1.807, 2.05) is 6.92 Å². The van der Waals surface area contributed by atoms with Crippen LogP contribution in [-0.4, -0.2) is 26.0 Å². The number of carboxylic acid groups (broad SMARTS) is 1. The largest absolute Gasteiger partial charge is 0.478 e. The molecular formula is C17H22N4O4S. The number of carboxylic acids is 1. The molecule has 2 aromatic rings. The van der Waals surface area contributed by atoms with Crippen LogP contribution < -0.4 is 21.5 Å². The van der Waals surface area contributed by atoms with Gasteiger partial charge in [0, 0.05) is 17.9 Å². The van der Waals surface area contributed by atoms with Crippen molar-refractivity contribution in [1.29, 1.82) is 0 Å². The number of nitrogen functional groups attached to an aromatic ring is 1. The first-order valence-electron chi connectivity index (χ1n) is 8.03. The van der Waals surface area contributed by atoms with Gasteiger partial charge in [-0.25, -0.2) is 18.4 Å². The molecule has 0 aliphatic heterocycles. The Labute approximate surface area is 152 Å². The number of sulfonamides is 1. The number of hydrogen-bond donors (Lipinski definition) is 5. The summed E-state index contributed by atoms with van der Waals surface area (Å²) >= 11 is 0. The van der Waals surface area contributed by atoms with Gasteiger partial charge in [-0.1, -0.05) is 13.3 Å². The minimum atomic E-state index is -4.16. The molecule has 0 unspecified atom stereocenters. The van der Waals surface area contributed by atoms with Gasteiger partial charge in [0.1, 0.15) is 4.90 Å². The second kappa shape index (κ2) is 8.07. The summed E-state index contributed by atoms with van der Waals surface area (Å²) < 4.78 is 24.1. The number of unbranched alkanes of at least 4 members (excludes halogenated alkanes) is 1. The third kappa shape index (κ3) is 4.87. The van der Waals surface area contributed by atoms with E-state index in [4.69, 9.17) is 10.9 Å². The Bertz CT molecular complexity index is 896. The third-order valence-corrected chi connectivity index (χ3v) is 4.62. The van der Waals surface area contributed by atoms with Crippen molar-refractivity contribution in [2.75, 3.05) is 22.9 Å². The van der Waals surface area contributed by atoms with Crippen LogP contribution in [-0.2, 0) is 10.0 Å². The predicted octanol–water partition coefficient (Wildman–Crippen LogP) is 2.57. The van der Waals surface area contributed by atoms with E-state index in [-0.39, 0.29) is 16.1 Å². The molecule has 0 amide bonds. The molecule has 0 aliphatic rings. The molecule has 0 heterocycles. The van der Waals surface area contributed by atoms with Crippen LogP contribution in [0.15, 0.2) is 41.3 Å². The number of carbonyl (C=O) groups is 1. The van der Waals surface area contributed by atoms with E-state index in [9.17, 15) is 18.3 Å². The summed E-state index contributed by atoms with van der Waals surface area (Å²) in [7, 11) is -4.16. The maximum Gasteiger partial charge on any atom is 0.335 e. The summed E-state index contributed by atoms with van der Waals surface area (Å²) in [6.45, 7) is 2.57. The topological polar surface area (TPSA) is 148 Å². The Hall–Kier alpha value is -2.78. The minimum absolute atomic E-state index is 0.170. The van der Waals surface area contributed by atoms with Gasteiger partial charge in [-0.15, -0.1) is 0 Å². The van der Waals surface area contributed by atoms with E-state index in [1.165, 1.54) is 6.07 Å². The highest BCUT2D eigenvalue weighted by atomic mass is 32.2. The SMILES string of the molecule is CCCCNc1cc(C(=O)O)cc(S(N)(=O)=O)c1Nc1ccc(N)cc1. The molecule has 0 bridgehead atoms. The summed E-state index contributed by atoms with van der Waals surface area (Å²) in [5, 5.41) is 20.7. The summed E-state index contributed by atoms with van der Waals surface area (Å²) in [6.07, 6.45) is 1.76. The van der Waals surface area contributed by atoms with Crippen LogP contribution in [0.5, 0.6) is 0 Å². The molecule has 0 radical (unpaired) electrons. The average molecular weight is 378 g/mol. The fourth-order valence-electron chi connectivity index (χ4n) is 2.34. The smallest absolute Gasteiger partial charge is 0.335 e. The second-order valence-electron chi connectivity index (χ2n) is 5.77. The quantitative estimate of drug-likeness (QED) is 0.350. The average Bonchev–Trinajstić information content (AvgIpc) is 2.57. The van der Waals surface area contributed by atoms with E-state index >= 15 is 0 Å². The van der Waals surface area contributed by atoms with Crippen molar-refractivity contribution in [3.63, 3.8) is 0 Å². The lowest BCUT2D eigenvalue weighted by Crippen LogP contribution is -2.17. The molecule has 2 aromatic carbocycles. The highest BCUT2D eigenvalue weighted by Gasteiger charge is 2.21. The molecule has 0 spiro atoms. The number of aromatic carboxylic acids is 1. The Kier molecular flexibility index (Phi) is 6.06. The molecule has 0 atom stereocenters. The zero-order valence-corrected chi connectivity index (χ0v) is 15.1. The highest BCUT2D eigenvalue weighted by molar-refractivity contribution is 7.89. The number of rotatable bonds is 8. The van der Waals surface area contributed by atoms with Crippen molar-refractivity contribution < 1.29 is 18.3 Å². The summed E-state index contributed by atoms with van der Waals surface area (Å²) in [5.74, 6) is -1.24. The van der Waals surface area contributed by atoms with Crippen LogP contribution in [0.25, 0.3) is 0 Å². The summed E-state index contributed by atoms with van der Waals surface area (Å²) in [4.78, 5) is 11.1. The third-order valence-electron chi connectivity index (χ3n) is 3.68. The van der Waals surface area contributed by atoms with Gasteiger partial charge in [0.15, 0.2) is 0 Å². The fourth-order valence-corrected chi connectivity index (χ4v) is 3.08. The molecule has 26 heavy (non-hydrogen) atoms. The van der Waals surface area contributed by atoms with Gasteiger partial charge in [-0.2, -0.15) is 0 Å². The number of nitrogens with two attached hydrogens (primary N) is 2. The molecule has 0 saturated carbocycles. The van der Waals surface area contributed by atoms with Crippen LogP contribution in [0.4, 0.5) is 22.7 Å². The molecule has 140 valence electrons. The number of anilines is 4. The molecule has 8 nitrogen and oxygen atoms in total. The number of hydrogen-bond acceptors (Lipinski definition) is 6. The molecule has 0 fully saturated rings. The Morgan fingerprint density at radius 3 is 2.38 bits per heavy atom. The van der Waals surface area contributed by atoms with Crippen molar-refractivity contribution in [3.05, 3.63) is 42.0 Å². The molecule has 0 aliphatic carbocycles. The molecule has 0 aromatic heterocycles. The van der Waals surface area contributed by atoms with Crippen molar-refractivity contribution in [3.8, 4) is 0 Å². The summed E-state index contributed by atoms with van der Waals surface area (Å²) in [5.41, 5.74) is 7.18. The van der Waals surface area contributed by atoms with E-state index in [0.717, 1.165) is 18.9 Å². The zero-order chi connectivity index (χ0) is 19.3. The minimum Gasteiger partial charge on any atom is -0.478 e. The van der Waals surface area contributed by atoms with E-state index in [0.29, 0.717) is 23.6 Å². The lowest BCUT2D eigenvalue weighted by molar-refractivity contribution is 0.0696. The van der Waals surface area contributed by atoms with Crippen LogP contribution in [0.1, 0.15) is 30.1 Å². The molecule has 9 heteroatoms. The monoisotopic (exact) mass is 378 g/mol. The Morgan fingerprint density at radius 1 is 1.19 bits per heavy atom. The van der Waals surface area contributed by atoms with E-state index in [1.54, 1.807) is 24.3 Å². The van der Waals surface area contributed by atoms with Crippen LogP contribution >= 0.6 is 0 Å². The molecule has 2 rings (SSSR count). The van der Waals surface area contributed by atoms with Gasteiger partial charge >= 0.3 is 5.97 Å². The van der Waals surface area contributed by atoms with Gasteiger partial charge in [0.25, 0.3) is 0 Å². The van der Waals surface area contributed by atoms with Crippen LogP contribution in [0.2, 0.25) is 0 Å². The zero-order valence-electron chi connectivity index (χ0n) is 14.3. The van der Waals surface area contributed by atoms with Gasteiger partial charge < -0.3 is 21.5 Å². The van der Waals surface area contributed by atoms with Crippen LogP contribution in [0.3, 0.4) is 0 Å². The molecule has 7 N–H and O–H groups in total. The molecular weight excluding hydrogens is 356 g/mol. The first-order chi connectivity index (χ1) is 12.2. The summed E-state index contributed by atoms with van der Waals surface area (Å²) in [6, 6.07) is 9.12. The van der Waals surface area contributed by atoms with Crippen molar-refractivity contribution >= 4 is 38.7 Å². The normalized spacial score (nSPS) is 11.2. The number of nitrogens with one attached hydrogen (secondary N) is 2. The van der Waals surface area contributed by atoms with Gasteiger partial charge in [-0.05, 0) is 42.8 Å². The van der Waals surface area contributed by atoms with Crippen molar-refractivity contribution in [2.45, 2.75) is 24.7 Å². The first-order valence-corrected chi connectivity index (χ1v) is 9.57. The standard InChI is InChI=1S/C17H22N4O4S/c1-2-3-8-20-14-9-11(17(22)23)10-15(26(19,24)25)16(14)21-13-6-4-12(18)5-7-13/h4-7,9-10,20-21H,2-3,8,18H2,1H3,(H,22,23)(H2,19,24,25). The second-order valence-corrected chi connectivity index (χ2v) is 7.30. The van der Waals surface area contributed by atoms with Crippen molar-refractivity contribution in [2.24, 2.45) is 5.14 Å². The maximum atomic E-state index is 12.1. The highest BCUT2D eigenvalue weighted by Crippen LogP contribution is 2.34. The van der Waals surface area contributed by atoms with Gasteiger partial charge in [0.05, 0.1) is 16.9 Å². The predicted molar refractivity (Wildman–Crippen MR) is 102 cm³/mol. The van der Waals surface area contributed by atoms with E-state index < -0.39 is 16.0 Å². The Morgan fingerprint density at radius 2 is 1.85 bits per heavy atom. The van der Waals surface area contributed by atoms with Gasteiger partial charge in [0.2, 0.25) is 10.0 Å². The lowest BCUT2D eigenvalue weighted by Gasteiger charge is -2.18. The fraction of sp³-hybridized carbons (Fsp3) is 0.235. The van der Waals surface area contributed by atoms with Crippen molar-refractivity contribution in [1.82, 2.24) is 0 Å². The van der Waals surface area contributed by atoms with E-state index in [2.05, 4.69) is 10.6 Å². The Balaban J connectivity index is 2.59. The number of primary sulfonamides is 1. The lowest BCUT2D eigenvalue weighted by atomic mass is 10.1.